The van der Waals surface area contributed by atoms with E-state index in [1.54, 1.807) is 0 Å². The summed E-state index contributed by atoms with van der Waals surface area (Å²) in [5.74, 6) is -0.311. The summed E-state index contributed by atoms with van der Waals surface area (Å²) in [6.45, 7) is 8.22. The summed E-state index contributed by atoms with van der Waals surface area (Å²) in [6, 6.07) is 0. The summed E-state index contributed by atoms with van der Waals surface area (Å²) in [7, 11) is 1.38. The van der Waals surface area contributed by atoms with E-state index in [0.29, 0.717) is 45.1 Å². The maximum Gasteiger partial charge on any atom is 0.305 e. The third kappa shape index (κ3) is 11.5. The van der Waals surface area contributed by atoms with Crippen LogP contribution in [0.5, 0.6) is 0 Å². The van der Waals surface area contributed by atoms with Crippen molar-refractivity contribution in [1.82, 2.24) is 0 Å². The number of hydrogen-bond acceptors (Lipinski definition) is 8. The number of carbonyl (C=O) groups is 1. The Morgan fingerprint density at radius 3 is 2.39 bits per heavy atom. The summed E-state index contributed by atoms with van der Waals surface area (Å²) < 4.78 is 29.7. The van der Waals surface area contributed by atoms with Crippen molar-refractivity contribution in [2.45, 2.75) is 154 Å². The monoisotopic (exact) mass is 582 g/mol. The number of carbonyl (C=O) groups excluding carboxylic acids is 1. The number of ether oxygens (including phenoxy) is 5. The zero-order valence-corrected chi connectivity index (χ0v) is 26.1. The molecule has 0 spiro atoms. The molecule has 3 aliphatic rings. The quantitative estimate of drug-likeness (QED) is 0.157. The van der Waals surface area contributed by atoms with Crippen molar-refractivity contribution in [2.24, 2.45) is 17.3 Å². The maximum absolute atomic E-state index is 11.4. The molecule has 1 saturated carbocycles. The summed E-state index contributed by atoms with van der Waals surface area (Å²) in [6.07, 6.45) is 15.4. The number of hydrogen-bond donors (Lipinski definition) is 2. The first kappa shape index (κ1) is 34.5. The molecule has 1 aliphatic carbocycles. The fraction of sp³-hybridized carbons (Fsp3) is 0.909. The number of aliphatic hydroxyl groups is 2. The molecule has 0 amide bonds. The van der Waals surface area contributed by atoms with Crippen molar-refractivity contribution in [2.75, 3.05) is 20.3 Å². The minimum atomic E-state index is -0.523. The molecule has 41 heavy (non-hydrogen) atoms. The van der Waals surface area contributed by atoms with E-state index >= 15 is 0 Å². The molecule has 0 aromatic carbocycles. The van der Waals surface area contributed by atoms with E-state index in [-0.39, 0.29) is 48.0 Å². The van der Waals surface area contributed by atoms with Crippen LogP contribution in [0.15, 0.2) is 12.2 Å². The van der Waals surface area contributed by atoms with Crippen LogP contribution >= 0.6 is 0 Å². The highest BCUT2D eigenvalue weighted by Crippen LogP contribution is 2.41. The second-order valence-electron chi connectivity index (χ2n) is 13.0. The Balaban J connectivity index is 1.73. The molecule has 0 radical (unpaired) electrons. The van der Waals surface area contributed by atoms with E-state index in [9.17, 15) is 15.0 Å². The largest absolute Gasteiger partial charge is 0.469 e. The molecular formula is C33H58O8. The number of aliphatic hydroxyl groups excluding tert-OH is 2. The van der Waals surface area contributed by atoms with Gasteiger partial charge in [-0.3, -0.25) is 4.79 Å². The lowest BCUT2D eigenvalue weighted by Gasteiger charge is -2.37. The van der Waals surface area contributed by atoms with Gasteiger partial charge in [-0.2, -0.15) is 0 Å². The van der Waals surface area contributed by atoms with Crippen LogP contribution in [-0.2, 0) is 28.5 Å². The molecule has 8 heteroatoms. The Hall–Kier alpha value is -1.03. The molecule has 3 rings (SSSR count). The van der Waals surface area contributed by atoms with Gasteiger partial charge in [-0.1, -0.05) is 45.8 Å². The molecule has 8 nitrogen and oxygen atoms in total. The molecule has 3 fully saturated rings. The van der Waals surface area contributed by atoms with Gasteiger partial charge >= 0.3 is 5.97 Å². The number of esters is 1. The third-order valence-electron chi connectivity index (χ3n) is 9.22. The summed E-state index contributed by atoms with van der Waals surface area (Å²) in [4.78, 5) is 11.4. The Bertz CT molecular complexity index is 758. The van der Waals surface area contributed by atoms with Gasteiger partial charge in [-0.15, -0.1) is 0 Å². The first-order valence-electron chi connectivity index (χ1n) is 16.4. The van der Waals surface area contributed by atoms with E-state index < -0.39 is 12.2 Å². The molecule has 4 unspecified atom stereocenters. The molecule has 2 aliphatic heterocycles. The van der Waals surface area contributed by atoms with Crippen molar-refractivity contribution in [3.8, 4) is 0 Å². The smallest absolute Gasteiger partial charge is 0.305 e. The fourth-order valence-corrected chi connectivity index (χ4v) is 6.50. The minimum absolute atomic E-state index is 0.0156. The van der Waals surface area contributed by atoms with Crippen LogP contribution in [0.1, 0.15) is 117 Å². The number of rotatable bonds is 17. The van der Waals surface area contributed by atoms with E-state index in [2.05, 4.69) is 32.9 Å². The van der Waals surface area contributed by atoms with Crippen LogP contribution in [0.2, 0.25) is 0 Å². The van der Waals surface area contributed by atoms with Gasteiger partial charge in [0.05, 0.1) is 31.5 Å². The maximum atomic E-state index is 11.4. The summed E-state index contributed by atoms with van der Waals surface area (Å²) >= 11 is 0. The lowest BCUT2D eigenvalue weighted by molar-refractivity contribution is -0.198. The van der Waals surface area contributed by atoms with Gasteiger partial charge in [-0.25, -0.2) is 0 Å². The fourth-order valence-electron chi connectivity index (χ4n) is 6.50. The van der Waals surface area contributed by atoms with Crippen LogP contribution in [0.25, 0.3) is 0 Å². The zero-order valence-electron chi connectivity index (χ0n) is 26.1. The predicted octanol–water partition coefficient (Wildman–Crippen LogP) is 6.06. The van der Waals surface area contributed by atoms with Crippen molar-refractivity contribution >= 4 is 5.97 Å². The van der Waals surface area contributed by atoms with E-state index in [4.69, 9.17) is 23.7 Å². The number of unbranched alkanes of at least 4 members (excludes halogenated alkanes) is 1. The standard InChI is InChI=1S/C33H58O8/c1-5-6-20-33(2,3)29(41-32-15-8-10-22-39-32)19-18-26-25(17-16-24(34)12-11-13-30(36)37-4)27(35)23-28(26)40-31-14-7-9-21-38-31/h18-19,24-29,31-32,34-35H,5-17,20-23H2,1-4H3/b19-18+/t24?,25-,26-,27+,28-,29?,31?,32?/m1/s1. The minimum Gasteiger partial charge on any atom is -0.469 e. The third-order valence-corrected chi connectivity index (χ3v) is 9.22. The molecule has 2 heterocycles. The second kappa shape index (κ2) is 17.9. The average Bonchev–Trinajstić information content (AvgIpc) is 3.26. The van der Waals surface area contributed by atoms with Gasteiger partial charge in [0.1, 0.15) is 0 Å². The van der Waals surface area contributed by atoms with Crippen molar-refractivity contribution in [3.63, 3.8) is 0 Å². The Labute approximate surface area is 248 Å². The van der Waals surface area contributed by atoms with Crippen LogP contribution in [0.4, 0.5) is 0 Å². The average molecular weight is 583 g/mol. The second-order valence-corrected chi connectivity index (χ2v) is 13.0. The van der Waals surface area contributed by atoms with Crippen molar-refractivity contribution in [3.05, 3.63) is 12.2 Å². The van der Waals surface area contributed by atoms with E-state index in [1.165, 1.54) is 7.11 Å². The van der Waals surface area contributed by atoms with Crippen molar-refractivity contribution < 1.29 is 38.7 Å². The molecule has 238 valence electrons. The highest BCUT2D eigenvalue weighted by Gasteiger charge is 2.43. The molecule has 8 atom stereocenters. The summed E-state index contributed by atoms with van der Waals surface area (Å²) in [5, 5.41) is 21.9. The van der Waals surface area contributed by atoms with Crippen LogP contribution in [0, 0.1) is 17.3 Å². The molecule has 0 aromatic rings. The van der Waals surface area contributed by atoms with Crippen molar-refractivity contribution in [1.29, 1.82) is 0 Å². The SMILES string of the molecule is CCCCC(C)(C)C(/C=C/[C@@H]1[C@@H](CCC(O)CCCC(=O)OC)[C@@H](O)C[C@H]1OC1CCCCO1)OC1CCCCO1. The highest BCUT2D eigenvalue weighted by molar-refractivity contribution is 5.68. The predicted molar refractivity (Wildman–Crippen MR) is 158 cm³/mol. The van der Waals surface area contributed by atoms with E-state index in [0.717, 1.165) is 64.4 Å². The van der Waals surface area contributed by atoms with E-state index in [1.807, 2.05) is 0 Å². The zero-order chi connectivity index (χ0) is 29.7. The lowest BCUT2D eigenvalue weighted by Crippen LogP contribution is -2.37. The van der Waals surface area contributed by atoms with Crippen LogP contribution in [-0.4, -0.2) is 73.5 Å². The molecule has 2 saturated heterocycles. The first-order chi connectivity index (χ1) is 19.7. The first-order valence-corrected chi connectivity index (χ1v) is 16.4. The molecule has 0 bridgehead atoms. The Morgan fingerprint density at radius 2 is 1.76 bits per heavy atom. The van der Waals surface area contributed by atoms with Gasteiger partial charge in [0, 0.05) is 32.0 Å². The van der Waals surface area contributed by atoms with Gasteiger partial charge in [0.2, 0.25) is 0 Å². The lowest BCUT2D eigenvalue weighted by atomic mass is 9.80. The normalized spacial score (nSPS) is 30.9. The van der Waals surface area contributed by atoms with Gasteiger partial charge in [0.25, 0.3) is 0 Å². The Kier molecular flexibility index (Phi) is 15.1. The van der Waals surface area contributed by atoms with Gasteiger partial charge in [0.15, 0.2) is 12.6 Å². The topological polar surface area (TPSA) is 104 Å². The highest BCUT2D eigenvalue weighted by atomic mass is 16.7. The van der Waals surface area contributed by atoms with Gasteiger partial charge in [-0.05, 0) is 82.0 Å². The summed E-state index contributed by atoms with van der Waals surface area (Å²) in [5.41, 5.74) is -0.0707. The number of methoxy groups -OCH3 is 1. The van der Waals surface area contributed by atoms with Gasteiger partial charge < -0.3 is 33.9 Å². The van der Waals surface area contributed by atoms with Crippen LogP contribution < -0.4 is 0 Å². The Morgan fingerprint density at radius 1 is 1.05 bits per heavy atom. The molecule has 0 aromatic heterocycles. The molecular weight excluding hydrogens is 524 g/mol. The van der Waals surface area contributed by atoms with Crippen LogP contribution in [0.3, 0.4) is 0 Å². The molecule has 2 N–H and O–H groups in total.